The van der Waals surface area contributed by atoms with Crippen LogP contribution in [0.15, 0.2) is 18.2 Å². The van der Waals surface area contributed by atoms with Crippen LogP contribution in [0.25, 0.3) is 0 Å². The number of carboxylic acid groups (broad SMARTS) is 1. The summed E-state index contributed by atoms with van der Waals surface area (Å²) in [5, 5.41) is 14.2. The molecule has 0 heterocycles. The van der Waals surface area contributed by atoms with Gasteiger partial charge in [-0.2, -0.15) is 0 Å². The Balaban J connectivity index is 2.75. The zero-order valence-electron chi connectivity index (χ0n) is 15.2. The van der Waals surface area contributed by atoms with Gasteiger partial charge < -0.3 is 26.2 Å². The Morgan fingerprint density at radius 1 is 1.23 bits per heavy atom. The van der Waals surface area contributed by atoms with Crippen LogP contribution in [0.2, 0.25) is 0 Å². The molecule has 5 N–H and O–H groups in total. The van der Waals surface area contributed by atoms with Crippen molar-refractivity contribution in [1.82, 2.24) is 10.6 Å². The molecule has 1 atom stereocenters. The van der Waals surface area contributed by atoms with Crippen molar-refractivity contribution >= 4 is 23.7 Å². The highest BCUT2D eigenvalue weighted by molar-refractivity contribution is 6.01. The van der Waals surface area contributed by atoms with Crippen LogP contribution in [0.1, 0.15) is 44.5 Å². The fourth-order valence-electron chi connectivity index (χ4n) is 2.01. The molecule has 0 radical (unpaired) electrons. The van der Waals surface area contributed by atoms with Crippen LogP contribution in [0.4, 0.5) is 14.9 Å². The first-order valence-corrected chi connectivity index (χ1v) is 7.92. The molecule has 0 aliphatic carbocycles. The van der Waals surface area contributed by atoms with Crippen LogP contribution in [0, 0.1) is 5.82 Å². The van der Waals surface area contributed by atoms with E-state index in [1.165, 1.54) is 13.0 Å². The molecule has 0 saturated heterocycles. The molecule has 2 amide bonds. The van der Waals surface area contributed by atoms with Crippen LogP contribution in [0.5, 0.6) is 0 Å². The summed E-state index contributed by atoms with van der Waals surface area (Å²) in [4.78, 5) is 35.5. The molecule has 0 aliphatic rings. The van der Waals surface area contributed by atoms with E-state index in [0.29, 0.717) is 0 Å². The van der Waals surface area contributed by atoms with Gasteiger partial charge in [0.05, 0.1) is 5.56 Å². The molecular formula is C17H24FN3O5. The number of rotatable bonds is 6. The Labute approximate surface area is 150 Å². The van der Waals surface area contributed by atoms with Gasteiger partial charge in [0, 0.05) is 12.2 Å². The minimum Gasteiger partial charge on any atom is -0.480 e. The first kappa shape index (κ1) is 21.2. The van der Waals surface area contributed by atoms with E-state index in [-0.39, 0.29) is 24.2 Å². The predicted octanol–water partition coefficient (Wildman–Crippen LogP) is 1.90. The molecule has 9 heteroatoms. The summed E-state index contributed by atoms with van der Waals surface area (Å²) in [6, 6.07) is 3.19. The number of hydrogen-bond acceptors (Lipinski definition) is 5. The number of halogens is 1. The van der Waals surface area contributed by atoms with E-state index in [2.05, 4.69) is 10.6 Å². The molecule has 8 nitrogen and oxygen atoms in total. The second kappa shape index (κ2) is 8.03. The van der Waals surface area contributed by atoms with Gasteiger partial charge in [0.2, 0.25) is 0 Å². The van der Waals surface area contributed by atoms with Crippen LogP contribution in [-0.4, -0.2) is 40.8 Å². The third-order valence-corrected chi connectivity index (χ3v) is 3.41. The Morgan fingerprint density at radius 3 is 2.35 bits per heavy atom. The lowest BCUT2D eigenvalue weighted by molar-refractivity contribution is -0.144. The summed E-state index contributed by atoms with van der Waals surface area (Å²) in [5.41, 5.74) is 3.08. The molecule has 1 aromatic rings. The molecule has 0 unspecified atom stereocenters. The molecule has 0 aliphatic heterocycles. The van der Waals surface area contributed by atoms with Crippen molar-refractivity contribution in [3.05, 3.63) is 29.6 Å². The number of nitrogen functional groups attached to an aromatic ring is 1. The number of nitrogens with one attached hydrogen (secondary N) is 2. The average Bonchev–Trinajstić information content (AvgIpc) is 2.44. The first-order chi connectivity index (χ1) is 11.8. The molecule has 26 heavy (non-hydrogen) atoms. The number of ether oxygens (including phenoxy) is 1. The molecule has 1 aromatic carbocycles. The fraction of sp³-hybridized carbons (Fsp3) is 0.471. The summed E-state index contributed by atoms with van der Waals surface area (Å²) in [5.74, 6) is -2.66. The number of nitrogens with two attached hydrogens (primary N) is 1. The van der Waals surface area contributed by atoms with Crippen LogP contribution in [0.3, 0.4) is 0 Å². The largest absolute Gasteiger partial charge is 0.480 e. The lowest BCUT2D eigenvalue weighted by Crippen LogP contribution is -2.54. The summed E-state index contributed by atoms with van der Waals surface area (Å²) < 4.78 is 18.1. The summed E-state index contributed by atoms with van der Waals surface area (Å²) >= 11 is 0. The van der Waals surface area contributed by atoms with Gasteiger partial charge in [0.25, 0.3) is 5.91 Å². The zero-order chi connectivity index (χ0) is 20.1. The van der Waals surface area contributed by atoms with Gasteiger partial charge in [-0.15, -0.1) is 0 Å². The van der Waals surface area contributed by atoms with Crippen LogP contribution in [-0.2, 0) is 9.53 Å². The second-order valence-electron chi connectivity index (χ2n) is 7.00. The molecule has 0 fully saturated rings. The third-order valence-electron chi connectivity index (χ3n) is 3.41. The monoisotopic (exact) mass is 369 g/mol. The number of hydrogen-bond donors (Lipinski definition) is 4. The van der Waals surface area contributed by atoms with E-state index in [0.717, 1.165) is 12.1 Å². The summed E-state index contributed by atoms with van der Waals surface area (Å²) in [7, 11) is 0. The third kappa shape index (κ3) is 6.23. The SMILES string of the molecule is CC(C)(C)OC(=O)NCC[C@](C)(NC(=O)c1ccc(F)cc1N)C(=O)O. The molecule has 0 aromatic heterocycles. The molecule has 0 saturated carbocycles. The second-order valence-corrected chi connectivity index (χ2v) is 7.00. The van der Waals surface area contributed by atoms with Gasteiger partial charge in [-0.1, -0.05) is 0 Å². The highest BCUT2D eigenvalue weighted by atomic mass is 19.1. The van der Waals surface area contributed by atoms with Gasteiger partial charge in [-0.3, -0.25) is 4.79 Å². The Kier molecular flexibility index (Phi) is 6.55. The Bertz CT molecular complexity index is 702. The van der Waals surface area contributed by atoms with Gasteiger partial charge in [-0.25, -0.2) is 14.0 Å². The van der Waals surface area contributed by atoms with E-state index in [9.17, 15) is 23.9 Å². The first-order valence-electron chi connectivity index (χ1n) is 7.92. The van der Waals surface area contributed by atoms with Crippen molar-refractivity contribution in [1.29, 1.82) is 0 Å². The Hall–Kier alpha value is -2.84. The molecule has 144 valence electrons. The smallest absolute Gasteiger partial charge is 0.407 e. The lowest BCUT2D eigenvalue weighted by Gasteiger charge is -2.27. The molecule has 0 bridgehead atoms. The molecule has 1 rings (SSSR count). The van der Waals surface area contributed by atoms with Crippen molar-refractivity contribution in [3.63, 3.8) is 0 Å². The zero-order valence-corrected chi connectivity index (χ0v) is 15.2. The number of carbonyl (C=O) groups excluding carboxylic acids is 2. The van der Waals surface area contributed by atoms with Gasteiger partial charge >= 0.3 is 12.1 Å². The van der Waals surface area contributed by atoms with Gasteiger partial charge in [-0.05, 0) is 52.3 Å². The van der Waals surface area contributed by atoms with Crippen molar-refractivity contribution in [2.24, 2.45) is 0 Å². The number of amides is 2. The maximum atomic E-state index is 13.1. The minimum atomic E-state index is -1.67. The lowest BCUT2D eigenvalue weighted by atomic mass is 9.97. The van der Waals surface area contributed by atoms with Crippen molar-refractivity contribution in [3.8, 4) is 0 Å². The summed E-state index contributed by atoms with van der Waals surface area (Å²) in [6.45, 7) is 6.34. The van der Waals surface area contributed by atoms with Crippen molar-refractivity contribution in [2.45, 2.75) is 45.3 Å². The average molecular weight is 369 g/mol. The maximum Gasteiger partial charge on any atom is 0.407 e. The van der Waals surface area contributed by atoms with E-state index < -0.39 is 34.9 Å². The number of anilines is 1. The number of carbonyl (C=O) groups is 3. The van der Waals surface area contributed by atoms with E-state index in [1.807, 2.05) is 0 Å². The molecule has 0 spiro atoms. The fourth-order valence-corrected chi connectivity index (χ4v) is 2.01. The minimum absolute atomic E-state index is 0.0426. The highest BCUT2D eigenvalue weighted by Gasteiger charge is 2.35. The Morgan fingerprint density at radius 2 is 1.85 bits per heavy atom. The topological polar surface area (TPSA) is 131 Å². The highest BCUT2D eigenvalue weighted by Crippen LogP contribution is 2.17. The van der Waals surface area contributed by atoms with Crippen LogP contribution < -0.4 is 16.4 Å². The van der Waals surface area contributed by atoms with Crippen molar-refractivity contribution < 1.29 is 28.6 Å². The number of carboxylic acids is 1. The van der Waals surface area contributed by atoms with E-state index >= 15 is 0 Å². The quantitative estimate of drug-likeness (QED) is 0.567. The standard InChI is InChI=1S/C17H24FN3O5/c1-16(2,3)26-15(25)20-8-7-17(4,14(23)24)21-13(22)11-6-5-10(18)9-12(11)19/h5-6,9H,7-8,19H2,1-4H3,(H,20,25)(H,21,22)(H,23,24)/t17-/m0/s1. The van der Waals surface area contributed by atoms with Crippen molar-refractivity contribution in [2.75, 3.05) is 12.3 Å². The van der Waals surface area contributed by atoms with Gasteiger partial charge in [0.1, 0.15) is 17.0 Å². The number of benzene rings is 1. The molecular weight excluding hydrogens is 345 g/mol. The summed E-state index contributed by atoms with van der Waals surface area (Å²) in [6.07, 6.45) is -0.798. The normalized spacial score (nSPS) is 13.4. The number of aliphatic carboxylic acids is 1. The maximum absolute atomic E-state index is 13.1. The number of alkyl carbamates (subject to hydrolysis) is 1. The van der Waals surface area contributed by atoms with Crippen LogP contribution >= 0.6 is 0 Å². The predicted molar refractivity (Wildman–Crippen MR) is 93.2 cm³/mol. The van der Waals surface area contributed by atoms with Gasteiger partial charge in [0.15, 0.2) is 0 Å². The van der Waals surface area contributed by atoms with E-state index in [1.54, 1.807) is 20.8 Å². The van der Waals surface area contributed by atoms with E-state index in [4.69, 9.17) is 10.5 Å².